The van der Waals surface area contributed by atoms with Crippen molar-refractivity contribution in [2.75, 3.05) is 41.5 Å². The molecule has 0 spiro atoms. The summed E-state index contributed by atoms with van der Waals surface area (Å²) in [6.07, 6.45) is 4.55. The van der Waals surface area contributed by atoms with E-state index in [2.05, 4.69) is 49.4 Å². The largest absolute Gasteiger partial charge is 0.497 e. The van der Waals surface area contributed by atoms with Gasteiger partial charge in [-0.05, 0) is 86.2 Å². The summed E-state index contributed by atoms with van der Waals surface area (Å²) in [7, 11) is 1.59. The highest BCUT2D eigenvalue weighted by Gasteiger charge is 2.28. The van der Waals surface area contributed by atoms with Gasteiger partial charge in [0.1, 0.15) is 11.6 Å². The van der Waals surface area contributed by atoms with Crippen molar-refractivity contribution in [3.8, 4) is 5.75 Å². The maximum Gasteiger partial charge on any atom is 0.321 e. The van der Waals surface area contributed by atoms with Crippen LogP contribution in [0.2, 0.25) is 0 Å². The number of carbonyl (C=O) groups excluding carboxylic acids is 2. The maximum atomic E-state index is 13.4. The van der Waals surface area contributed by atoms with Crippen molar-refractivity contribution in [2.24, 2.45) is 5.92 Å². The molecule has 1 aromatic heterocycles. The fourth-order valence-corrected chi connectivity index (χ4v) is 5.46. The smallest absolute Gasteiger partial charge is 0.321 e. The lowest BCUT2D eigenvalue weighted by molar-refractivity contribution is -0.121. The number of likely N-dealkylation sites (tertiary alicyclic amines) is 1. The molecule has 1 fully saturated rings. The number of piperidine rings is 1. The van der Waals surface area contributed by atoms with Crippen molar-refractivity contribution in [1.82, 2.24) is 14.9 Å². The lowest BCUT2D eigenvalue weighted by Crippen LogP contribution is -2.43. The van der Waals surface area contributed by atoms with Gasteiger partial charge >= 0.3 is 6.03 Å². The van der Waals surface area contributed by atoms with Gasteiger partial charge in [-0.2, -0.15) is 4.98 Å². The highest BCUT2D eigenvalue weighted by Crippen LogP contribution is 2.29. The number of ether oxygens (including phenoxy) is 1. The van der Waals surface area contributed by atoms with Crippen LogP contribution >= 0.6 is 0 Å². The molecule has 1 saturated heterocycles. The Balaban J connectivity index is 1.14. The summed E-state index contributed by atoms with van der Waals surface area (Å²) in [5.41, 5.74) is 6.44. The first-order valence-corrected chi connectivity index (χ1v) is 14.5. The van der Waals surface area contributed by atoms with E-state index in [0.717, 1.165) is 46.8 Å². The number of aryl methyl sites for hydroxylation is 3. The van der Waals surface area contributed by atoms with Gasteiger partial charge in [0.15, 0.2) is 0 Å². The third-order valence-electron chi connectivity index (χ3n) is 7.94. The highest BCUT2D eigenvalue weighted by atomic mass is 16.5. The number of anilines is 6. The van der Waals surface area contributed by atoms with Gasteiger partial charge < -0.3 is 30.9 Å². The van der Waals surface area contributed by atoms with Crippen LogP contribution in [0, 0.1) is 12.8 Å². The average Bonchev–Trinajstić information content (AvgIpc) is 3.03. The van der Waals surface area contributed by atoms with Crippen LogP contribution in [-0.2, 0) is 17.6 Å². The first-order chi connectivity index (χ1) is 20.9. The first-order valence-electron chi connectivity index (χ1n) is 14.5. The number of fused-ring (bicyclic) bond motifs is 6. The molecular weight excluding hydrogens is 542 g/mol. The molecule has 6 rings (SSSR count). The summed E-state index contributed by atoms with van der Waals surface area (Å²) >= 11 is 0. The number of urea groups is 1. The highest BCUT2D eigenvalue weighted by molar-refractivity contribution is 5.94. The number of methoxy groups -OCH3 is 1. The van der Waals surface area contributed by atoms with Crippen LogP contribution in [0.4, 0.5) is 39.3 Å². The molecule has 10 nitrogen and oxygen atoms in total. The average molecular weight is 578 g/mol. The molecule has 4 N–H and O–H groups in total. The van der Waals surface area contributed by atoms with E-state index in [1.807, 2.05) is 49.4 Å². The second kappa shape index (κ2) is 12.4. The molecule has 2 aliphatic heterocycles. The minimum absolute atomic E-state index is 0.0183. The minimum atomic E-state index is -0.175. The Morgan fingerprint density at radius 2 is 1.74 bits per heavy atom. The Bertz CT molecular complexity index is 1650. The van der Waals surface area contributed by atoms with Crippen molar-refractivity contribution in [2.45, 2.75) is 32.6 Å². The van der Waals surface area contributed by atoms with Crippen molar-refractivity contribution in [1.29, 1.82) is 0 Å². The number of hydrogen-bond donors (Lipinski definition) is 4. The van der Waals surface area contributed by atoms with Gasteiger partial charge in [0.25, 0.3) is 0 Å². The summed E-state index contributed by atoms with van der Waals surface area (Å²) in [5.74, 6) is 1.73. The third-order valence-corrected chi connectivity index (χ3v) is 7.94. The normalized spacial score (nSPS) is 14.6. The number of aromatic nitrogens is 2. The lowest BCUT2D eigenvalue weighted by Gasteiger charge is -2.31. The number of carbonyl (C=O) groups is 2. The summed E-state index contributed by atoms with van der Waals surface area (Å²) in [6.45, 7) is 2.98. The number of hydrogen-bond acceptors (Lipinski definition) is 7. The second-order valence-corrected chi connectivity index (χ2v) is 11.0. The molecule has 0 saturated carbocycles. The van der Waals surface area contributed by atoms with E-state index in [9.17, 15) is 9.59 Å². The van der Waals surface area contributed by atoms with Gasteiger partial charge in [-0.1, -0.05) is 18.2 Å². The number of benzene rings is 3. The predicted octanol–water partition coefficient (Wildman–Crippen LogP) is 6.26. The van der Waals surface area contributed by atoms with Crippen LogP contribution in [0.25, 0.3) is 0 Å². The molecule has 3 heterocycles. The molecule has 10 heteroatoms. The van der Waals surface area contributed by atoms with E-state index < -0.39 is 0 Å². The molecule has 0 unspecified atom stereocenters. The Morgan fingerprint density at radius 3 is 2.58 bits per heavy atom. The topological polar surface area (TPSA) is 121 Å². The van der Waals surface area contributed by atoms with E-state index in [1.54, 1.807) is 24.3 Å². The van der Waals surface area contributed by atoms with Crippen molar-refractivity contribution < 1.29 is 14.3 Å². The molecule has 0 aliphatic carbocycles. The van der Waals surface area contributed by atoms with Gasteiger partial charge in [0.05, 0.1) is 7.11 Å². The van der Waals surface area contributed by atoms with Gasteiger partial charge in [0, 0.05) is 59.6 Å². The molecule has 0 atom stereocenters. The summed E-state index contributed by atoms with van der Waals surface area (Å²) in [6, 6.07) is 21.3. The molecule has 43 heavy (non-hydrogen) atoms. The van der Waals surface area contributed by atoms with E-state index in [-0.39, 0.29) is 17.9 Å². The van der Waals surface area contributed by atoms with Crippen LogP contribution < -0.4 is 26.0 Å². The van der Waals surface area contributed by atoms with Crippen LogP contribution in [-0.4, -0.2) is 47.0 Å². The quantitative estimate of drug-likeness (QED) is 0.226. The lowest BCUT2D eigenvalue weighted by atomic mass is 9.95. The second-order valence-electron chi connectivity index (χ2n) is 11.0. The molecule has 4 aromatic rings. The Kier molecular flexibility index (Phi) is 8.08. The number of nitrogens with zero attached hydrogens (tertiary/aromatic N) is 3. The molecular formula is C33H35N7O3. The number of rotatable bonds is 4. The molecule has 0 radical (unpaired) electrons. The number of nitrogens with one attached hydrogen (secondary N) is 4. The van der Waals surface area contributed by atoms with E-state index in [1.165, 1.54) is 5.56 Å². The van der Waals surface area contributed by atoms with E-state index >= 15 is 0 Å². The SMILES string of the molecule is COc1cccc(NC(=O)N2CCC(C(=O)Nc3ccc4cc3CCc3cccc(c3)Nc3ncc(C)c(n3)N4)CC2)c1. The van der Waals surface area contributed by atoms with Crippen molar-refractivity contribution >= 4 is 46.5 Å². The minimum Gasteiger partial charge on any atom is -0.497 e. The zero-order valence-electron chi connectivity index (χ0n) is 24.3. The molecule has 3 aromatic carbocycles. The fourth-order valence-electron chi connectivity index (χ4n) is 5.46. The van der Waals surface area contributed by atoms with Crippen LogP contribution in [0.1, 0.15) is 29.5 Å². The molecule has 220 valence electrons. The predicted molar refractivity (Wildman–Crippen MR) is 169 cm³/mol. The van der Waals surface area contributed by atoms with Gasteiger partial charge in [-0.3, -0.25) is 4.79 Å². The monoisotopic (exact) mass is 577 g/mol. The van der Waals surface area contributed by atoms with Gasteiger partial charge in [0.2, 0.25) is 11.9 Å². The Morgan fingerprint density at radius 1 is 0.930 bits per heavy atom. The Hall–Kier alpha value is -5.12. The van der Waals surface area contributed by atoms with Crippen molar-refractivity contribution in [3.05, 3.63) is 89.6 Å². The van der Waals surface area contributed by atoms with Gasteiger partial charge in [-0.25, -0.2) is 9.78 Å². The summed E-state index contributed by atoms with van der Waals surface area (Å²) < 4.78 is 5.24. The maximum absolute atomic E-state index is 13.4. The third kappa shape index (κ3) is 6.69. The first kappa shape index (κ1) is 28.0. The van der Waals surface area contributed by atoms with E-state index in [4.69, 9.17) is 4.74 Å². The zero-order valence-corrected chi connectivity index (χ0v) is 24.3. The van der Waals surface area contributed by atoms with Crippen LogP contribution in [0.3, 0.4) is 0 Å². The summed E-state index contributed by atoms with van der Waals surface area (Å²) in [4.78, 5) is 37.1. The molecule has 2 aliphatic rings. The van der Waals surface area contributed by atoms with E-state index in [0.29, 0.717) is 43.3 Å². The van der Waals surface area contributed by atoms with Crippen molar-refractivity contribution in [3.63, 3.8) is 0 Å². The summed E-state index contributed by atoms with van der Waals surface area (Å²) in [5, 5.41) is 12.9. The Labute approximate surface area is 250 Å². The molecule has 6 bridgehead atoms. The number of amides is 3. The standard InChI is InChI=1S/C33H35N7O3/c1-21-20-34-32-36-25-6-3-5-22(17-25)9-10-24-18-27(35-30(21)39-32)11-12-29(24)38-31(41)23-13-15-40(16-14-23)33(42)37-26-7-4-8-28(19-26)43-2/h3-8,11-12,17-20,23H,9-10,13-16H2,1-2H3,(H,37,42)(H,38,41)(H2,34,35,36,39). The fraction of sp³-hybridized carbons (Fsp3) is 0.273. The van der Waals surface area contributed by atoms with Crippen LogP contribution in [0.15, 0.2) is 72.9 Å². The van der Waals surface area contributed by atoms with Crippen LogP contribution in [0.5, 0.6) is 5.75 Å². The zero-order chi connectivity index (χ0) is 29.8. The van der Waals surface area contributed by atoms with Gasteiger partial charge in [-0.15, -0.1) is 0 Å². The molecule has 3 amide bonds.